The second kappa shape index (κ2) is 7.02. The average Bonchev–Trinajstić information content (AvgIpc) is 3.16. The number of pyridine rings is 1. The molecular formula is C19H16ClN5OS. The average molecular weight is 398 g/mol. The molecule has 3 aromatic heterocycles. The first-order valence-corrected chi connectivity index (χ1v) is 9.53. The van der Waals surface area contributed by atoms with Gasteiger partial charge >= 0.3 is 0 Å². The second-order valence-electron chi connectivity index (χ2n) is 6.09. The van der Waals surface area contributed by atoms with Crippen molar-refractivity contribution in [1.29, 1.82) is 0 Å². The third-order valence-corrected chi connectivity index (χ3v) is 5.47. The van der Waals surface area contributed by atoms with Crippen molar-refractivity contribution in [1.82, 2.24) is 15.0 Å². The van der Waals surface area contributed by atoms with Gasteiger partial charge in [-0.1, -0.05) is 29.8 Å². The van der Waals surface area contributed by atoms with E-state index in [2.05, 4.69) is 20.3 Å². The topological polar surface area (TPSA) is 96.7 Å². The molecule has 8 heteroatoms. The van der Waals surface area contributed by atoms with Gasteiger partial charge in [0, 0.05) is 16.8 Å². The molecule has 0 fully saturated rings. The standard InChI is InChI=1S/C19H16ClN5OS/c1-10(14-8-11-4-2-5-13(20)16(11)18(26)24-14)23-17-12(9-22-19(21)25-17)15-6-3-7-27-15/h2-10H,1H3,(H,24,26)(H3,21,22,23,25). The Bertz CT molecular complexity index is 1170. The molecule has 3 heterocycles. The quantitative estimate of drug-likeness (QED) is 0.472. The van der Waals surface area contributed by atoms with Gasteiger partial charge in [0.15, 0.2) is 0 Å². The van der Waals surface area contributed by atoms with Crippen LogP contribution in [0.5, 0.6) is 0 Å². The first-order chi connectivity index (χ1) is 13.0. The third kappa shape index (κ3) is 3.39. The molecule has 0 saturated carbocycles. The van der Waals surface area contributed by atoms with Crippen LogP contribution in [0.25, 0.3) is 21.2 Å². The highest BCUT2D eigenvalue weighted by Crippen LogP contribution is 2.32. The Morgan fingerprint density at radius 3 is 2.93 bits per heavy atom. The van der Waals surface area contributed by atoms with Crippen LogP contribution in [0.15, 0.2) is 52.8 Å². The highest BCUT2D eigenvalue weighted by Gasteiger charge is 2.15. The van der Waals surface area contributed by atoms with E-state index in [1.54, 1.807) is 23.6 Å². The second-order valence-corrected chi connectivity index (χ2v) is 7.45. The molecule has 27 heavy (non-hydrogen) atoms. The SMILES string of the molecule is CC(Nc1nc(N)ncc1-c1cccs1)c1cc2cccc(Cl)c2c(=O)[nH]1. The van der Waals surface area contributed by atoms with Gasteiger partial charge in [-0.25, -0.2) is 4.98 Å². The predicted molar refractivity (Wildman–Crippen MR) is 111 cm³/mol. The van der Waals surface area contributed by atoms with Crippen molar-refractivity contribution < 1.29 is 0 Å². The number of nitrogens with two attached hydrogens (primary N) is 1. The maximum Gasteiger partial charge on any atom is 0.257 e. The number of fused-ring (bicyclic) bond motifs is 1. The van der Waals surface area contributed by atoms with Crippen molar-refractivity contribution in [2.24, 2.45) is 0 Å². The normalized spacial score (nSPS) is 12.2. The fourth-order valence-corrected chi connectivity index (χ4v) is 3.94. The van der Waals surface area contributed by atoms with E-state index in [0.717, 1.165) is 21.5 Å². The summed E-state index contributed by atoms with van der Waals surface area (Å²) in [5.74, 6) is 0.799. The minimum Gasteiger partial charge on any atom is -0.368 e. The molecule has 0 bridgehead atoms. The summed E-state index contributed by atoms with van der Waals surface area (Å²) in [4.78, 5) is 24.9. The first-order valence-electron chi connectivity index (χ1n) is 8.27. The Kier molecular flexibility index (Phi) is 4.55. The van der Waals surface area contributed by atoms with Crippen molar-refractivity contribution in [3.63, 3.8) is 0 Å². The zero-order valence-electron chi connectivity index (χ0n) is 14.4. The van der Waals surface area contributed by atoms with Crippen LogP contribution in [0.3, 0.4) is 0 Å². The van der Waals surface area contributed by atoms with Crippen LogP contribution in [0, 0.1) is 0 Å². The number of benzene rings is 1. The van der Waals surface area contributed by atoms with Gasteiger partial charge in [0.1, 0.15) is 5.82 Å². The van der Waals surface area contributed by atoms with Crippen LogP contribution in [0.2, 0.25) is 5.02 Å². The van der Waals surface area contributed by atoms with E-state index in [-0.39, 0.29) is 17.5 Å². The van der Waals surface area contributed by atoms with E-state index in [9.17, 15) is 4.79 Å². The summed E-state index contributed by atoms with van der Waals surface area (Å²) in [7, 11) is 0. The van der Waals surface area contributed by atoms with E-state index >= 15 is 0 Å². The molecule has 1 unspecified atom stereocenters. The Labute approximate surface area is 164 Å². The van der Waals surface area contributed by atoms with Gasteiger partial charge in [0.25, 0.3) is 5.56 Å². The van der Waals surface area contributed by atoms with Gasteiger partial charge in [-0.15, -0.1) is 11.3 Å². The molecule has 136 valence electrons. The number of thiophene rings is 1. The number of H-pyrrole nitrogens is 1. The summed E-state index contributed by atoms with van der Waals surface area (Å²) in [6.45, 7) is 1.94. The van der Waals surface area contributed by atoms with Crippen molar-refractivity contribution in [3.8, 4) is 10.4 Å². The van der Waals surface area contributed by atoms with Gasteiger partial charge in [-0.2, -0.15) is 4.98 Å². The lowest BCUT2D eigenvalue weighted by atomic mass is 10.1. The number of hydrogen-bond donors (Lipinski definition) is 3. The molecule has 0 spiro atoms. The maximum absolute atomic E-state index is 12.5. The van der Waals surface area contributed by atoms with E-state index in [1.807, 2.05) is 42.6 Å². The van der Waals surface area contributed by atoms with Crippen molar-refractivity contribution in [2.45, 2.75) is 13.0 Å². The summed E-state index contributed by atoms with van der Waals surface area (Å²) in [6.07, 6.45) is 1.70. The molecule has 1 aromatic carbocycles. The van der Waals surface area contributed by atoms with Crippen LogP contribution in [-0.2, 0) is 0 Å². The van der Waals surface area contributed by atoms with Gasteiger partial charge in [-0.3, -0.25) is 4.79 Å². The van der Waals surface area contributed by atoms with Gasteiger partial charge in [0.05, 0.1) is 22.0 Å². The number of rotatable bonds is 4. The summed E-state index contributed by atoms with van der Waals surface area (Å²) in [5, 5.41) is 7.03. The molecule has 1 atom stereocenters. The van der Waals surface area contributed by atoms with Crippen molar-refractivity contribution in [3.05, 3.63) is 69.0 Å². The third-order valence-electron chi connectivity index (χ3n) is 4.26. The van der Waals surface area contributed by atoms with Crippen LogP contribution < -0.4 is 16.6 Å². The molecule has 0 aliphatic rings. The van der Waals surface area contributed by atoms with E-state index in [4.69, 9.17) is 17.3 Å². The Balaban J connectivity index is 1.73. The largest absolute Gasteiger partial charge is 0.368 e. The molecule has 6 nitrogen and oxygen atoms in total. The van der Waals surface area contributed by atoms with Crippen LogP contribution >= 0.6 is 22.9 Å². The number of aromatic nitrogens is 3. The molecule has 0 amide bonds. The van der Waals surface area contributed by atoms with Crippen LogP contribution in [-0.4, -0.2) is 15.0 Å². The number of halogens is 1. The first kappa shape index (κ1) is 17.5. The smallest absolute Gasteiger partial charge is 0.257 e. The van der Waals surface area contributed by atoms with E-state index < -0.39 is 0 Å². The number of anilines is 2. The monoisotopic (exact) mass is 397 g/mol. The lowest BCUT2D eigenvalue weighted by Crippen LogP contribution is -2.17. The Morgan fingerprint density at radius 1 is 1.30 bits per heavy atom. The summed E-state index contributed by atoms with van der Waals surface area (Å²) in [6, 6.07) is 11.1. The number of hydrogen-bond acceptors (Lipinski definition) is 6. The lowest BCUT2D eigenvalue weighted by molar-refractivity contribution is 0.829. The Hall–Kier alpha value is -2.90. The fraction of sp³-hybridized carbons (Fsp3) is 0.105. The molecule has 0 aliphatic heterocycles. The Morgan fingerprint density at radius 2 is 2.15 bits per heavy atom. The maximum atomic E-state index is 12.5. The molecule has 0 radical (unpaired) electrons. The molecule has 4 rings (SSSR count). The summed E-state index contributed by atoms with van der Waals surface area (Å²) < 4.78 is 0. The molecular weight excluding hydrogens is 382 g/mol. The summed E-state index contributed by atoms with van der Waals surface area (Å²) >= 11 is 7.75. The minimum absolute atomic E-state index is 0.184. The molecule has 4 aromatic rings. The minimum atomic E-state index is -0.220. The van der Waals surface area contributed by atoms with Gasteiger partial charge in [-0.05, 0) is 35.9 Å². The molecule has 4 N–H and O–H groups in total. The van der Waals surface area contributed by atoms with Crippen molar-refractivity contribution in [2.75, 3.05) is 11.1 Å². The zero-order valence-corrected chi connectivity index (χ0v) is 15.9. The summed E-state index contributed by atoms with van der Waals surface area (Å²) in [5.41, 5.74) is 7.14. The number of aromatic amines is 1. The molecule has 0 aliphatic carbocycles. The van der Waals surface area contributed by atoms with Gasteiger partial charge in [0.2, 0.25) is 5.95 Å². The van der Waals surface area contributed by atoms with Crippen LogP contribution in [0.1, 0.15) is 18.7 Å². The highest BCUT2D eigenvalue weighted by atomic mass is 35.5. The lowest BCUT2D eigenvalue weighted by Gasteiger charge is -2.17. The number of nitrogens with one attached hydrogen (secondary N) is 2. The van der Waals surface area contributed by atoms with Crippen molar-refractivity contribution >= 4 is 45.5 Å². The van der Waals surface area contributed by atoms with Crippen LogP contribution in [0.4, 0.5) is 11.8 Å². The van der Waals surface area contributed by atoms with Gasteiger partial charge < -0.3 is 16.0 Å². The van der Waals surface area contributed by atoms with E-state index in [1.165, 1.54) is 0 Å². The predicted octanol–water partition coefficient (Wildman–Crippen LogP) is 4.46. The van der Waals surface area contributed by atoms with E-state index in [0.29, 0.717) is 16.2 Å². The number of nitrogen functional groups attached to an aromatic ring is 1. The number of nitrogens with zero attached hydrogens (tertiary/aromatic N) is 2. The zero-order chi connectivity index (χ0) is 19.0. The highest BCUT2D eigenvalue weighted by molar-refractivity contribution is 7.13. The molecule has 0 saturated heterocycles. The fourth-order valence-electron chi connectivity index (χ4n) is 2.93.